The number of hydrogen-bond donors (Lipinski definition) is 1. The molecule has 1 aliphatic rings. The summed E-state index contributed by atoms with van der Waals surface area (Å²) in [5, 5.41) is 10.6. The number of hydrogen-bond acceptors (Lipinski definition) is 2. The normalized spacial score (nSPS) is 19.6. The van der Waals surface area contributed by atoms with Crippen molar-refractivity contribution < 1.29 is 18.7 Å². The van der Waals surface area contributed by atoms with Crippen molar-refractivity contribution in [3.63, 3.8) is 0 Å². The van der Waals surface area contributed by atoms with Crippen molar-refractivity contribution in [1.82, 2.24) is 4.90 Å². The molecule has 0 aliphatic carbocycles. The lowest BCUT2D eigenvalue weighted by molar-refractivity contribution is -0.135. The Morgan fingerprint density at radius 1 is 1.12 bits per heavy atom. The van der Waals surface area contributed by atoms with Gasteiger partial charge in [-0.05, 0) is 42.0 Å². The van der Waals surface area contributed by atoms with Gasteiger partial charge in [-0.3, -0.25) is 4.79 Å². The van der Waals surface area contributed by atoms with Crippen LogP contribution in [0, 0.1) is 23.5 Å². The maximum Gasteiger partial charge on any atom is 0.228 e. The fourth-order valence-corrected chi connectivity index (χ4v) is 3.66. The van der Waals surface area contributed by atoms with Crippen LogP contribution in [0.1, 0.15) is 24.5 Å². The predicted molar refractivity (Wildman–Crippen MR) is 95.2 cm³/mol. The van der Waals surface area contributed by atoms with Gasteiger partial charge in [0.15, 0.2) is 0 Å². The van der Waals surface area contributed by atoms with Gasteiger partial charge in [0.25, 0.3) is 0 Å². The number of carbonyl (C=O) groups excluding carboxylic acids is 1. The highest BCUT2D eigenvalue weighted by Crippen LogP contribution is 2.28. The smallest absolute Gasteiger partial charge is 0.228 e. The van der Waals surface area contributed by atoms with E-state index in [1.54, 1.807) is 11.8 Å². The van der Waals surface area contributed by atoms with Crippen LogP contribution in [0.4, 0.5) is 8.78 Å². The standard InChI is InChI=1S/C21H23F2NO2/c1-14(9-16-10-17(22)12-18(23)11-16)20(25)19-7-8-24(21(19)26)13-15-5-3-2-4-6-15/h2-6,10-12,14,19-20,25H,7-9,13H2,1H3/t14-,19?,20-/m0/s1. The second kappa shape index (κ2) is 7.96. The zero-order chi connectivity index (χ0) is 18.7. The van der Waals surface area contributed by atoms with Gasteiger partial charge in [-0.1, -0.05) is 37.3 Å². The fraction of sp³-hybridized carbons (Fsp3) is 0.381. The Morgan fingerprint density at radius 3 is 2.42 bits per heavy atom. The monoisotopic (exact) mass is 359 g/mol. The zero-order valence-electron chi connectivity index (χ0n) is 14.7. The number of aliphatic hydroxyl groups excluding tert-OH is 1. The van der Waals surface area contributed by atoms with Crippen molar-refractivity contribution in [2.24, 2.45) is 11.8 Å². The minimum absolute atomic E-state index is 0.0568. The van der Waals surface area contributed by atoms with E-state index in [1.807, 2.05) is 30.3 Å². The van der Waals surface area contributed by atoms with Crippen LogP contribution in [0.2, 0.25) is 0 Å². The Kier molecular flexibility index (Phi) is 5.67. The molecule has 1 heterocycles. The van der Waals surface area contributed by atoms with Crippen molar-refractivity contribution in [2.45, 2.75) is 32.4 Å². The lowest BCUT2D eigenvalue weighted by Gasteiger charge is -2.24. The highest BCUT2D eigenvalue weighted by atomic mass is 19.1. The summed E-state index contributed by atoms with van der Waals surface area (Å²) in [7, 11) is 0. The fourth-order valence-electron chi connectivity index (χ4n) is 3.66. The Balaban J connectivity index is 1.62. The molecule has 3 atom stereocenters. The number of likely N-dealkylation sites (tertiary alicyclic amines) is 1. The van der Waals surface area contributed by atoms with Crippen LogP contribution in [0.5, 0.6) is 0 Å². The lowest BCUT2D eigenvalue weighted by Crippen LogP contribution is -2.35. The minimum Gasteiger partial charge on any atom is -0.392 e. The van der Waals surface area contributed by atoms with E-state index in [9.17, 15) is 18.7 Å². The molecule has 0 spiro atoms. The van der Waals surface area contributed by atoms with E-state index < -0.39 is 23.7 Å². The molecule has 1 fully saturated rings. The number of amides is 1. The van der Waals surface area contributed by atoms with Crippen LogP contribution in [0.3, 0.4) is 0 Å². The van der Waals surface area contributed by atoms with Gasteiger partial charge in [-0.25, -0.2) is 8.78 Å². The molecule has 26 heavy (non-hydrogen) atoms. The molecule has 1 unspecified atom stereocenters. The third-order valence-corrected chi connectivity index (χ3v) is 5.03. The average Bonchev–Trinajstić information content (AvgIpc) is 2.95. The maximum atomic E-state index is 13.3. The molecule has 2 aromatic rings. The maximum absolute atomic E-state index is 13.3. The molecule has 5 heteroatoms. The van der Waals surface area contributed by atoms with Crippen molar-refractivity contribution in [2.75, 3.05) is 6.54 Å². The molecule has 1 saturated heterocycles. The summed E-state index contributed by atoms with van der Waals surface area (Å²) in [6, 6.07) is 13.1. The number of rotatable bonds is 6. The molecular formula is C21H23F2NO2. The van der Waals surface area contributed by atoms with Gasteiger partial charge >= 0.3 is 0 Å². The van der Waals surface area contributed by atoms with E-state index >= 15 is 0 Å². The molecule has 0 radical (unpaired) electrons. The van der Waals surface area contributed by atoms with Gasteiger partial charge in [0, 0.05) is 19.2 Å². The van der Waals surface area contributed by atoms with E-state index in [1.165, 1.54) is 12.1 Å². The van der Waals surface area contributed by atoms with Crippen molar-refractivity contribution in [3.8, 4) is 0 Å². The van der Waals surface area contributed by atoms with Gasteiger partial charge in [0.1, 0.15) is 11.6 Å². The largest absolute Gasteiger partial charge is 0.392 e. The first-order valence-corrected chi connectivity index (χ1v) is 8.90. The van der Waals surface area contributed by atoms with E-state index in [-0.39, 0.29) is 11.8 Å². The topological polar surface area (TPSA) is 40.5 Å². The number of carbonyl (C=O) groups is 1. The molecule has 3 nitrogen and oxygen atoms in total. The predicted octanol–water partition coefficient (Wildman–Crippen LogP) is 3.55. The van der Waals surface area contributed by atoms with E-state index in [4.69, 9.17) is 0 Å². The lowest BCUT2D eigenvalue weighted by atomic mass is 9.87. The first kappa shape index (κ1) is 18.5. The van der Waals surface area contributed by atoms with Gasteiger partial charge in [0.05, 0.1) is 12.0 Å². The minimum atomic E-state index is -0.838. The summed E-state index contributed by atoms with van der Waals surface area (Å²) in [4.78, 5) is 14.4. The number of halogens is 2. The summed E-state index contributed by atoms with van der Waals surface area (Å²) in [5.41, 5.74) is 1.54. The molecule has 0 bridgehead atoms. The second-order valence-electron chi connectivity index (χ2n) is 7.09. The molecule has 138 valence electrons. The van der Waals surface area contributed by atoms with E-state index in [0.29, 0.717) is 31.5 Å². The zero-order valence-corrected chi connectivity index (χ0v) is 14.7. The first-order valence-electron chi connectivity index (χ1n) is 8.90. The van der Waals surface area contributed by atoms with Crippen molar-refractivity contribution in [3.05, 3.63) is 71.3 Å². The summed E-state index contributed by atoms with van der Waals surface area (Å²) in [5.74, 6) is -2.06. The Bertz CT molecular complexity index is 746. The molecule has 2 aromatic carbocycles. The third-order valence-electron chi connectivity index (χ3n) is 5.03. The quantitative estimate of drug-likeness (QED) is 0.857. The summed E-state index contributed by atoms with van der Waals surface area (Å²) in [6.45, 7) is 2.95. The first-order chi connectivity index (χ1) is 12.4. The molecular weight excluding hydrogens is 336 g/mol. The van der Waals surface area contributed by atoms with Crippen LogP contribution in [-0.2, 0) is 17.8 Å². The SMILES string of the molecule is C[C@@H](Cc1cc(F)cc(F)c1)[C@H](O)C1CCN(Cc2ccccc2)C1=O. The van der Waals surface area contributed by atoms with Crippen molar-refractivity contribution in [1.29, 1.82) is 0 Å². The molecule has 1 aliphatic heterocycles. The van der Waals surface area contributed by atoms with Gasteiger partial charge in [-0.15, -0.1) is 0 Å². The van der Waals surface area contributed by atoms with Gasteiger partial charge < -0.3 is 10.0 Å². The Hall–Kier alpha value is -2.27. The van der Waals surface area contributed by atoms with Gasteiger partial charge in [0.2, 0.25) is 5.91 Å². The summed E-state index contributed by atoms with van der Waals surface area (Å²) >= 11 is 0. The number of aliphatic hydroxyl groups is 1. The molecule has 3 rings (SSSR count). The Morgan fingerprint density at radius 2 is 1.77 bits per heavy atom. The summed E-state index contributed by atoms with van der Waals surface area (Å²) in [6.07, 6.45) is 0.0714. The average molecular weight is 359 g/mol. The Labute approximate surface area is 152 Å². The van der Waals surface area contributed by atoms with E-state index in [0.717, 1.165) is 11.6 Å². The van der Waals surface area contributed by atoms with Crippen LogP contribution in [0.25, 0.3) is 0 Å². The highest BCUT2D eigenvalue weighted by Gasteiger charge is 2.38. The highest BCUT2D eigenvalue weighted by molar-refractivity contribution is 5.81. The van der Waals surface area contributed by atoms with Crippen molar-refractivity contribution >= 4 is 5.91 Å². The number of nitrogens with zero attached hydrogens (tertiary/aromatic N) is 1. The summed E-state index contributed by atoms with van der Waals surface area (Å²) < 4.78 is 26.7. The number of benzene rings is 2. The van der Waals surface area contributed by atoms with Crippen LogP contribution in [0.15, 0.2) is 48.5 Å². The molecule has 1 amide bonds. The second-order valence-corrected chi connectivity index (χ2v) is 7.09. The van der Waals surface area contributed by atoms with Crippen LogP contribution in [-0.4, -0.2) is 28.6 Å². The molecule has 1 N–H and O–H groups in total. The van der Waals surface area contributed by atoms with E-state index in [2.05, 4.69) is 0 Å². The van der Waals surface area contributed by atoms with Crippen LogP contribution >= 0.6 is 0 Å². The third kappa shape index (κ3) is 4.28. The van der Waals surface area contributed by atoms with Gasteiger partial charge in [-0.2, -0.15) is 0 Å². The molecule has 0 saturated carbocycles. The molecule has 0 aromatic heterocycles. The van der Waals surface area contributed by atoms with Crippen LogP contribution < -0.4 is 0 Å².